The average Bonchev–Trinajstić information content (AvgIpc) is 2.52. The molecule has 1 saturated heterocycles. The van der Waals surface area contributed by atoms with Crippen molar-refractivity contribution in [3.8, 4) is 0 Å². The first-order valence-electron chi connectivity index (χ1n) is 8.82. The van der Waals surface area contributed by atoms with E-state index in [1.807, 2.05) is 0 Å². The Balaban J connectivity index is 1.83. The van der Waals surface area contributed by atoms with Crippen molar-refractivity contribution in [2.75, 3.05) is 26.2 Å². The lowest BCUT2D eigenvalue weighted by molar-refractivity contribution is -0.119. The Hall–Kier alpha value is -0.610. The van der Waals surface area contributed by atoms with Gasteiger partial charge in [-0.1, -0.05) is 19.8 Å². The Bertz CT molecular complexity index is 326. The van der Waals surface area contributed by atoms with Crippen molar-refractivity contribution in [3.63, 3.8) is 0 Å². The van der Waals surface area contributed by atoms with E-state index >= 15 is 0 Å². The fourth-order valence-corrected chi connectivity index (χ4v) is 4.16. The zero-order valence-corrected chi connectivity index (χ0v) is 13.8. The Labute approximate surface area is 129 Å². The molecule has 21 heavy (non-hydrogen) atoms. The predicted octanol–water partition coefficient (Wildman–Crippen LogP) is 1.99. The molecule has 1 amide bonds. The number of carbonyl (C=O) groups is 1. The van der Waals surface area contributed by atoms with Gasteiger partial charge < -0.3 is 16.0 Å². The summed E-state index contributed by atoms with van der Waals surface area (Å²) < 4.78 is 0. The molecule has 0 bridgehead atoms. The van der Waals surface area contributed by atoms with Crippen LogP contribution in [0.5, 0.6) is 0 Å². The van der Waals surface area contributed by atoms with E-state index in [0.717, 1.165) is 19.0 Å². The number of piperidine rings is 1. The van der Waals surface area contributed by atoms with Gasteiger partial charge in [-0.15, -0.1) is 0 Å². The highest BCUT2D eigenvalue weighted by molar-refractivity contribution is 5.72. The number of hydrogen-bond acceptors (Lipinski definition) is 3. The Morgan fingerprint density at radius 3 is 2.48 bits per heavy atom. The first-order chi connectivity index (χ1) is 10.1. The lowest BCUT2D eigenvalue weighted by Gasteiger charge is -2.45. The predicted molar refractivity (Wildman–Crippen MR) is 86.9 cm³/mol. The maximum Gasteiger partial charge on any atom is 0.216 e. The summed E-state index contributed by atoms with van der Waals surface area (Å²) in [5.41, 5.74) is 6.02. The van der Waals surface area contributed by atoms with Crippen LogP contribution in [0.25, 0.3) is 0 Å². The molecular weight excluding hydrogens is 262 g/mol. The molecule has 0 aromatic rings. The van der Waals surface area contributed by atoms with Gasteiger partial charge in [0.2, 0.25) is 5.91 Å². The molecule has 122 valence electrons. The van der Waals surface area contributed by atoms with Crippen LogP contribution in [0.3, 0.4) is 0 Å². The molecule has 3 N–H and O–H groups in total. The highest BCUT2D eigenvalue weighted by Gasteiger charge is 2.34. The van der Waals surface area contributed by atoms with Gasteiger partial charge in [-0.25, -0.2) is 0 Å². The van der Waals surface area contributed by atoms with Crippen molar-refractivity contribution in [3.05, 3.63) is 0 Å². The molecule has 3 atom stereocenters. The fraction of sp³-hybridized carbons (Fsp3) is 0.941. The minimum absolute atomic E-state index is 0.0960. The number of hydrogen-bond donors (Lipinski definition) is 2. The van der Waals surface area contributed by atoms with Gasteiger partial charge in [0.1, 0.15) is 0 Å². The largest absolute Gasteiger partial charge is 0.356 e. The zero-order chi connectivity index (χ0) is 15.2. The fourth-order valence-electron chi connectivity index (χ4n) is 4.16. The molecule has 2 aliphatic rings. The molecule has 4 nitrogen and oxygen atoms in total. The summed E-state index contributed by atoms with van der Waals surface area (Å²) >= 11 is 0. The number of likely N-dealkylation sites (tertiary alicyclic amines) is 1. The van der Waals surface area contributed by atoms with Crippen LogP contribution in [-0.2, 0) is 4.79 Å². The van der Waals surface area contributed by atoms with Crippen molar-refractivity contribution >= 4 is 5.91 Å². The summed E-state index contributed by atoms with van der Waals surface area (Å²) in [6.45, 7) is 7.99. The summed E-state index contributed by atoms with van der Waals surface area (Å²) in [6.07, 6.45) is 7.76. The molecule has 0 spiro atoms. The standard InChI is InChI=1S/C17H33N3O/c1-3-14-4-5-16(11-18)17(10-14)20-8-6-15(7-9-20)12-19-13(2)21/h14-17H,3-12,18H2,1-2H3,(H,19,21). The highest BCUT2D eigenvalue weighted by Crippen LogP contribution is 2.35. The number of nitrogens with one attached hydrogen (secondary N) is 1. The second-order valence-electron chi connectivity index (χ2n) is 7.07. The maximum absolute atomic E-state index is 11.0. The third-order valence-electron chi connectivity index (χ3n) is 5.70. The second kappa shape index (κ2) is 8.14. The monoisotopic (exact) mass is 295 g/mol. The third kappa shape index (κ3) is 4.68. The number of carbonyl (C=O) groups excluding carboxylic acids is 1. The van der Waals surface area contributed by atoms with E-state index in [9.17, 15) is 4.79 Å². The SMILES string of the molecule is CCC1CCC(CN)C(N2CCC(CNC(C)=O)CC2)C1. The minimum Gasteiger partial charge on any atom is -0.356 e. The highest BCUT2D eigenvalue weighted by atomic mass is 16.1. The summed E-state index contributed by atoms with van der Waals surface area (Å²) in [7, 11) is 0. The molecular formula is C17H33N3O. The number of rotatable bonds is 5. The van der Waals surface area contributed by atoms with Gasteiger partial charge in [0, 0.05) is 19.5 Å². The van der Waals surface area contributed by atoms with Gasteiger partial charge >= 0.3 is 0 Å². The van der Waals surface area contributed by atoms with E-state index in [4.69, 9.17) is 5.73 Å². The number of nitrogens with two attached hydrogens (primary N) is 1. The molecule has 3 unspecified atom stereocenters. The van der Waals surface area contributed by atoms with Crippen LogP contribution >= 0.6 is 0 Å². The second-order valence-corrected chi connectivity index (χ2v) is 7.07. The van der Waals surface area contributed by atoms with Crippen molar-refractivity contribution in [2.24, 2.45) is 23.5 Å². The molecule has 4 heteroatoms. The normalized spacial score (nSPS) is 32.0. The van der Waals surface area contributed by atoms with Crippen LogP contribution in [-0.4, -0.2) is 43.0 Å². The average molecular weight is 295 g/mol. The van der Waals surface area contributed by atoms with Gasteiger partial charge in [0.25, 0.3) is 0 Å². The lowest BCUT2D eigenvalue weighted by Crippen LogP contribution is -2.50. The molecule has 1 aliphatic heterocycles. The molecule has 0 radical (unpaired) electrons. The topological polar surface area (TPSA) is 58.4 Å². The van der Waals surface area contributed by atoms with Crippen LogP contribution in [0.1, 0.15) is 52.4 Å². The molecule has 1 aliphatic carbocycles. The van der Waals surface area contributed by atoms with Crippen molar-refractivity contribution in [2.45, 2.75) is 58.4 Å². The molecule has 2 rings (SSSR count). The van der Waals surface area contributed by atoms with Crippen molar-refractivity contribution in [1.29, 1.82) is 0 Å². The molecule has 2 fully saturated rings. The van der Waals surface area contributed by atoms with E-state index in [0.29, 0.717) is 17.9 Å². The van der Waals surface area contributed by atoms with Crippen LogP contribution in [0.4, 0.5) is 0 Å². The first-order valence-corrected chi connectivity index (χ1v) is 8.82. The molecule has 1 heterocycles. The van der Waals surface area contributed by atoms with E-state index < -0.39 is 0 Å². The van der Waals surface area contributed by atoms with E-state index in [2.05, 4.69) is 17.1 Å². The Morgan fingerprint density at radius 2 is 1.90 bits per heavy atom. The number of nitrogens with zero attached hydrogens (tertiary/aromatic N) is 1. The Morgan fingerprint density at radius 1 is 1.19 bits per heavy atom. The smallest absolute Gasteiger partial charge is 0.216 e. The van der Waals surface area contributed by atoms with Crippen LogP contribution < -0.4 is 11.1 Å². The third-order valence-corrected chi connectivity index (χ3v) is 5.70. The van der Waals surface area contributed by atoms with Crippen LogP contribution in [0, 0.1) is 17.8 Å². The van der Waals surface area contributed by atoms with Gasteiger partial charge in [-0.3, -0.25) is 4.79 Å². The van der Waals surface area contributed by atoms with E-state index in [1.165, 1.54) is 51.6 Å². The Kier molecular flexibility index (Phi) is 6.49. The lowest BCUT2D eigenvalue weighted by atomic mass is 9.76. The summed E-state index contributed by atoms with van der Waals surface area (Å²) in [4.78, 5) is 13.7. The van der Waals surface area contributed by atoms with Gasteiger partial charge in [0.05, 0.1) is 0 Å². The van der Waals surface area contributed by atoms with Gasteiger partial charge in [-0.05, 0) is 63.1 Å². The van der Waals surface area contributed by atoms with E-state index in [-0.39, 0.29) is 5.91 Å². The van der Waals surface area contributed by atoms with Crippen LogP contribution in [0.15, 0.2) is 0 Å². The number of amides is 1. The van der Waals surface area contributed by atoms with Crippen molar-refractivity contribution in [1.82, 2.24) is 10.2 Å². The minimum atomic E-state index is 0.0960. The summed E-state index contributed by atoms with van der Waals surface area (Å²) in [5.74, 6) is 2.35. The molecule has 1 saturated carbocycles. The first kappa shape index (κ1) is 16.8. The quantitative estimate of drug-likeness (QED) is 0.815. The van der Waals surface area contributed by atoms with Crippen molar-refractivity contribution < 1.29 is 4.79 Å². The summed E-state index contributed by atoms with van der Waals surface area (Å²) in [6, 6.07) is 0.704. The van der Waals surface area contributed by atoms with Gasteiger partial charge in [0.15, 0.2) is 0 Å². The van der Waals surface area contributed by atoms with Crippen LogP contribution in [0.2, 0.25) is 0 Å². The summed E-state index contributed by atoms with van der Waals surface area (Å²) in [5, 5.41) is 2.97. The molecule has 0 aromatic heterocycles. The van der Waals surface area contributed by atoms with E-state index in [1.54, 1.807) is 6.92 Å². The molecule has 0 aromatic carbocycles. The van der Waals surface area contributed by atoms with Gasteiger partial charge in [-0.2, -0.15) is 0 Å². The maximum atomic E-state index is 11.0. The zero-order valence-electron chi connectivity index (χ0n) is 13.8.